The second-order valence-corrected chi connectivity index (χ2v) is 7.88. The smallest absolute Gasteiger partial charge is 0.0334 e. The zero-order valence-electron chi connectivity index (χ0n) is 5.50. The highest BCUT2D eigenvalue weighted by Crippen LogP contribution is 2.23. The first-order valence-electron chi connectivity index (χ1n) is 2.50. The molecular formula is C5H12Si2. The first-order valence-corrected chi connectivity index (χ1v) is 6.00. The third-order valence-corrected chi connectivity index (χ3v) is 5.62. The van der Waals surface area contributed by atoms with E-state index in [1.165, 1.54) is 0 Å². The summed E-state index contributed by atoms with van der Waals surface area (Å²) in [4.78, 5) is 0. The van der Waals surface area contributed by atoms with Crippen LogP contribution in [-0.4, -0.2) is 18.1 Å². The van der Waals surface area contributed by atoms with Crippen molar-refractivity contribution in [3.05, 3.63) is 0 Å². The van der Waals surface area contributed by atoms with E-state index in [2.05, 4.69) is 37.1 Å². The second-order valence-electron chi connectivity index (χ2n) is 2.88. The Hall–Kier alpha value is 0.434. The first kappa shape index (κ1) is 7.43. The van der Waals surface area contributed by atoms with Crippen molar-refractivity contribution >= 4 is 18.1 Å². The number of hydrogen-bond acceptors (Lipinski definition) is 0. The quantitative estimate of drug-likeness (QED) is 0.435. The van der Waals surface area contributed by atoms with Crippen LogP contribution in [0.25, 0.3) is 0 Å². The Morgan fingerprint density at radius 2 is 1.43 bits per heavy atom. The summed E-state index contributed by atoms with van der Waals surface area (Å²) < 4.78 is 0. The maximum Gasteiger partial charge on any atom is 0.0334 e. The van der Waals surface area contributed by atoms with Gasteiger partial charge in [0.25, 0.3) is 0 Å². The van der Waals surface area contributed by atoms with E-state index in [0.29, 0.717) is 5.04 Å². The van der Waals surface area contributed by atoms with Gasteiger partial charge in [-0.05, 0) is 5.04 Å². The number of hydrogen-bond donors (Lipinski definition) is 0. The number of rotatable bonds is 0. The van der Waals surface area contributed by atoms with Crippen LogP contribution in [0.4, 0.5) is 0 Å². The summed E-state index contributed by atoms with van der Waals surface area (Å²) in [5, 5.41) is 0.515. The van der Waals surface area contributed by atoms with Crippen molar-refractivity contribution in [3.63, 3.8) is 0 Å². The Labute approximate surface area is 51.1 Å². The van der Waals surface area contributed by atoms with Gasteiger partial charge in [-0.3, -0.25) is 0 Å². The van der Waals surface area contributed by atoms with Crippen LogP contribution in [0.3, 0.4) is 0 Å². The third-order valence-electron chi connectivity index (χ3n) is 1.12. The van der Waals surface area contributed by atoms with E-state index in [4.69, 9.17) is 0 Å². The van der Waals surface area contributed by atoms with E-state index < -0.39 is 0 Å². The van der Waals surface area contributed by atoms with Gasteiger partial charge in [0.2, 0.25) is 0 Å². The summed E-state index contributed by atoms with van der Waals surface area (Å²) in [5.74, 6) is 0. The average Bonchev–Trinajstić information content (AvgIpc) is 1.31. The summed E-state index contributed by atoms with van der Waals surface area (Å²) in [6.45, 7) is 9.04. The Bertz CT molecular complexity index is 51.6. The topological polar surface area (TPSA) is 0 Å². The summed E-state index contributed by atoms with van der Waals surface area (Å²) in [5.41, 5.74) is 0. The van der Waals surface area contributed by atoms with Crippen LogP contribution in [0.5, 0.6) is 0 Å². The molecule has 4 radical (unpaired) electrons. The van der Waals surface area contributed by atoms with Crippen molar-refractivity contribution in [1.82, 2.24) is 0 Å². The molecule has 0 spiro atoms. The van der Waals surface area contributed by atoms with Gasteiger partial charge in [0.15, 0.2) is 0 Å². The van der Waals surface area contributed by atoms with Crippen molar-refractivity contribution in [2.75, 3.05) is 0 Å². The minimum Gasteiger partial charge on any atom is -0.0733 e. The largest absolute Gasteiger partial charge is 0.0733 e. The van der Waals surface area contributed by atoms with E-state index in [-0.39, 0.29) is 8.31 Å². The van der Waals surface area contributed by atoms with E-state index in [1.54, 1.807) is 0 Å². The van der Waals surface area contributed by atoms with Crippen LogP contribution in [0, 0.1) is 0 Å². The first-order chi connectivity index (χ1) is 2.94. The molecule has 0 fully saturated rings. The highest BCUT2D eigenvalue weighted by molar-refractivity contribution is 7.04. The molecule has 0 amide bonds. The van der Waals surface area contributed by atoms with Crippen LogP contribution >= 0.6 is 0 Å². The van der Waals surface area contributed by atoms with Crippen LogP contribution in [-0.2, 0) is 0 Å². The monoisotopic (exact) mass is 128 g/mol. The zero-order chi connectivity index (χ0) is 6.08. The summed E-state index contributed by atoms with van der Waals surface area (Å²) in [6, 6.07) is 0. The van der Waals surface area contributed by atoms with Gasteiger partial charge in [-0.25, -0.2) is 0 Å². The zero-order valence-corrected chi connectivity index (χ0v) is 7.50. The van der Waals surface area contributed by atoms with Gasteiger partial charge in [0.1, 0.15) is 0 Å². The second kappa shape index (κ2) is 2.13. The van der Waals surface area contributed by atoms with Crippen LogP contribution in [0.2, 0.25) is 11.6 Å². The molecule has 0 aromatic rings. The molecule has 0 atom stereocenters. The molecule has 7 heavy (non-hydrogen) atoms. The molecule has 0 aliphatic carbocycles. The van der Waals surface area contributed by atoms with Gasteiger partial charge in [-0.15, -0.1) is 0 Å². The van der Waals surface area contributed by atoms with E-state index >= 15 is 0 Å². The van der Waals surface area contributed by atoms with Crippen molar-refractivity contribution in [1.29, 1.82) is 0 Å². The van der Waals surface area contributed by atoms with Crippen molar-refractivity contribution in [3.8, 4) is 0 Å². The van der Waals surface area contributed by atoms with Gasteiger partial charge >= 0.3 is 0 Å². The highest BCUT2D eigenvalue weighted by Gasteiger charge is 2.15. The molecule has 0 nitrogen and oxygen atoms in total. The molecule has 0 rings (SSSR count). The summed E-state index contributed by atoms with van der Waals surface area (Å²) >= 11 is 0. The van der Waals surface area contributed by atoms with Crippen molar-refractivity contribution in [2.45, 2.75) is 32.4 Å². The van der Waals surface area contributed by atoms with Crippen LogP contribution in [0.1, 0.15) is 20.8 Å². The normalized spacial score (nSPS) is 12.9. The Morgan fingerprint density at radius 3 is 1.43 bits per heavy atom. The van der Waals surface area contributed by atoms with Gasteiger partial charge in [-0.2, -0.15) is 0 Å². The van der Waals surface area contributed by atoms with E-state index in [1.807, 2.05) is 0 Å². The molecule has 0 aromatic heterocycles. The van der Waals surface area contributed by atoms with Crippen molar-refractivity contribution < 1.29 is 0 Å². The van der Waals surface area contributed by atoms with E-state index in [0.717, 1.165) is 0 Å². The Morgan fingerprint density at radius 1 is 1.29 bits per heavy atom. The Balaban J connectivity index is 3.54. The average molecular weight is 128 g/mol. The SMILES string of the molecule is C[Si]([Si])C(C)(C)C. The van der Waals surface area contributed by atoms with Crippen LogP contribution in [0.15, 0.2) is 0 Å². The standard InChI is InChI=1S/C5H12Si2/c1-5(2,3)7(4)6/h1-4H3. The fourth-order valence-corrected chi connectivity index (χ4v) is 0. The molecule has 0 unspecified atom stereocenters. The van der Waals surface area contributed by atoms with Gasteiger partial charge in [0.05, 0.1) is 0 Å². The minimum absolute atomic E-state index is 0.245. The lowest BCUT2D eigenvalue weighted by Crippen LogP contribution is -2.21. The molecule has 0 saturated heterocycles. The van der Waals surface area contributed by atoms with Gasteiger partial charge in [-0.1, -0.05) is 27.3 Å². The summed E-state index contributed by atoms with van der Waals surface area (Å²) in [7, 11) is 3.40. The molecule has 0 N–H and O–H groups in total. The lowest BCUT2D eigenvalue weighted by atomic mass is 10.3. The maximum atomic E-state index is 3.64. The Kier molecular flexibility index (Phi) is 2.27. The highest BCUT2D eigenvalue weighted by atomic mass is 29.1. The molecule has 0 aliphatic heterocycles. The van der Waals surface area contributed by atoms with Gasteiger partial charge in [0, 0.05) is 18.1 Å². The maximum absolute atomic E-state index is 3.64. The molecule has 0 bridgehead atoms. The molecule has 0 saturated carbocycles. The lowest BCUT2D eigenvalue weighted by Gasteiger charge is -2.20. The third kappa shape index (κ3) is 3.06. The van der Waals surface area contributed by atoms with Gasteiger partial charge < -0.3 is 0 Å². The molecule has 2 heteroatoms. The predicted molar refractivity (Wildman–Crippen MR) is 37.1 cm³/mol. The molecular weight excluding hydrogens is 116 g/mol. The summed E-state index contributed by atoms with van der Waals surface area (Å²) in [6.07, 6.45) is 0. The fourth-order valence-electron chi connectivity index (χ4n) is 0. The predicted octanol–water partition coefficient (Wildman–Crippen LogP) is 1.58. The lowest BCUT2D eigenvalue weighted by molar-refractivity contribution is 0.751. The molecule has 0 aliphatic rings. The fraction of sp³-hybridized carbons (Fsp3) is 1.00. The van der Waals surface area contributed by atoms with E-state index in [9.17, 15) is 0 Å². The van der Waals surface area contributed by atoms with Crippen LogP contribution < -0.4 is 0 Å². The molecule has 0 heterocycles. The molecule has 0 aromatic carbocycles. The van der Waals surface area contributed by atoms with Crippen molar-refractivity contribution in [2.24, 2.45) is 0 Å². The molecule has 40 valence electrons. The minimum atomic E-state index is -0.245.